The van der Waals surface area contributed by atoms with E-state index >= 15 is 0 Å². The lowest BCUT2D eigenvalue weighted by Crippen LogP contribution is -2.55. The van der Waals surface area contributed by atoms with Gasteiger partial charge in [0.05, 0.1) is 5.92 Å². The zero-order valence-corrected chi connectivity index (χ0v) is 11.2. The van der Waals surface area contributed by atoms with Crippen molar-refractivity contribution in [1.82, 2.24) is 15.1 Å². The average Bonchev–Trinajstić information content (AvgIpc) is 2.38. The molecule has 0 bridgehead atoms. The molecule has 0 aromatic rings. The van der Waals surface area contributed by atoms with Gasteiger partial charge >= 0.3 is 0 Å². The van der Waals surface area contributed by atoms with E-state index in [4.69, 9.17) is 0 Å². The van der Waals surface area contributed by atoms with Gasteiger partial charge in [0.1, 0.15) is 0 Å². The molecule has 3 saturated heterocycles. The van der Waals surface area contributed by atoms with Crippen molar-refractivity contribution in [3.05, 3.63) is 0 Å². The van der Waals surface area contributed by atoms with Crippen LogP contribution in [0.4, 0.5) is 0 Å². The smallest absolute Gasteiger partial charge is 0.228 e. The van der Waals surface area contributed by atoms with Gasteiger partial charge in [0.2, 0.25) is 5.91 Å². The fourth-order valence-electron chi connectivity index (χ4n) is 3.46. The summed E-state index contributed by atoms with van der Waals surface area (Å²) in [5, 5.41) is 3.19. The maximum atomic E-state index is 12.1. The number of carbonyl (C=O) groups is 1. The van der Waals surface area contributed by atoms with Crippen LogP contribution in [0.5, 0.6) is 0 Å². The van der Waals surface area contributed by atoms with Crippen molar-refractivity contribution in [2.75, 3.05) is 39.3 Å². The molecule has 3 aliphatic rings. The zero-order chi connectivity index (χ0) is 12.4. The van der Waals surface area contributed by atoms with Crippen molar-refractivity contribution in [3.63, 3.8) is 0 Å². The molecule has 3 heterocycles. The third-order valence-electron chi connectivity index (χ3n) is 4.81. The highest BCUT2D eigenvalue weighted by atomic mass is 16.2. The molecular weight excluding hydrogens is 226 g/mol. The Bertz CT molecular complexity index is 289. The Kier molecular flexibility index (Phi) is 3.85. The van der Waals surface area contributed by atoms with Crippen molar-refractivity contribution < 1.29 is 4.79 Å². The molecule has 18 heavy (non-hydrogen) atoms. The number of piperidine rings is 2. The lowest BCUT2D eigenvalue weighted by Gasteiger charge is -2.41. The fraction of sp³-hybridized carbons (Fsp3) is 0.929. The first-order valence-electron chi connectivity index (χ1n) is 7.58. The maximum Gasteiger partial charge on any atom is 0.228 e. The van der Waals surface area contributed by atoms with Gasteiger partial charge in [-0.25, -0.2) is 0 Å². The highest BCUT2D eigenvalue weighted by Crippen LogP contribution is 2.22. The van der Waals surface area contributed by atoms with Gasteiger partial charge in [0.15, 0.2) is 0 Å². The molecule has 4 nitrogen and oxygen atoms in total. The van der Waals surface area contributed by atoms with Gasteiger partial charge in [-0.3, -0.25) is 4.79 Å². The topological polar surface area (TPSA) is 35.6 Å². The summed E-state index contributed by atoms with van der Waals surface area (Å²) in [4.78, 5) is 16.9. The Morgan fingerprint density at radius 3 is 2.17 bits per heavy atom. The molecule has 4 heteroatoms. The third-order valence-corrected chi connectivity index (χ3v) is 4.81. The van der Waals surface area contributed by atoms with Crippen LogP contribution in [-0.4, -0.2) is 61.0 Å². The number of hydrogen-bond donors (Lipinski definition) is 1. The first-order chi connectivity index (χ1) is 8.84. The van der Waals surface area contributed by atoms with E-state index in [1.807, 2.05) is 0 Å². The molecule has 0 saturated carbocycles. The molecule has 3 rings (SSSR count). The lowest BCUT2D eigenvalue weighted by molar-refractivity contribution is -0.138. The van der Waals surface area contributed by atoms with Crippen molar-refractivity contribution >= 4 is 5.91 Å². The summed E-state index contributed by atoms with van der Waals surface area (Å²) in [6, 6.07) is 0.744. The molecule has 0 atom stereocenters. The molecule has 0 aromatic carbocycles. The normalized spacial score (nSPS) is 28.1. The largest absolute Gasteiger partial charge is 0.342 e. The van der Waals surface area contributed by atoms with E-state index < -0.39 is 0 Å². The van der Waals surface area contributed by atoms with Crippen molar-refractivity contribution in [3.8, 4) is 0 Å². The predicted octanol–water partition coefficient (Wildman–Crippen LogP) is 0.683. The van der Waals surface area contributed by atoms with Crippen LogP contribution >= 0.6 is 0 Å². The summed E-state index contributed by atoms with van der Waals surface area (Å²) in [7, 11) is 0. The van der Waals surface area contributed by atoms with Crippen LogP contribution in [0.1, 0.15) is 32.1 Å². The second-order valence-corrected chi connectivity index (χ2v) is 6.01. The first kappa shape index (κ1) is 12.4. The number of hydrogen-bond acceptors (Lipinski definition) is 3. The Morgan fingerprint density at radius 2 is 1.61 bits per heavy atom. The van der Waals surface area contributed by atoms with Gasteiger partial charge in [-0.15, -0.1) is 0 Å². The van der Waals surface area contributed by atoms with Gasteiger partial charge in [-0.1, -0.05) is 6.42 Å². The van der Waals surface area contributed by atoms with Crippen molar-refractivity contribution in [1.29, 1.82) is 0 Å². The molecule has 0 aliphatic carbocycles. The number of carbonyl (C=O) groups excluding carboxylic acids is 1. The summed E-state index contributed by atoms with van der Waals surface area (Å²) < 4.78 is 0. The maximum absolute atomic E-state index is 12.1. The Morgan fingerprint density at radius 1 is 0.944 bits per heavy atom. The van der Waals surface area contributed by atoms with Gasteiger partial charge in [-0.2, -0.15) is 0 Å². The summed E-state index contributed by atoms with van der Waals surface area (Å²) in [6.45, 7) is 6.32. The van der Waals surface area contributed by atoms with E-state index in [1.165, 1.54) is 45.2 Å². The summed E-state index contributed by atoms with van der Waals surface area (Å²) in [5.41, 5.74) is 0. The molecule has 0 unspecified atom stereocenters. The van der Waals surface area contributed by atoms with E-state index in [9.17, 15) is 4.79 Å². The highest BCUT2D eigenvalue weighted by Gasteiger charge is 2.32. The predicted molar refractivity (Wildman–Crippen MR) is 71.4 cm³/mol. The van der Waals surface area contributed by atoms with Crippen molar-refractivity contribution in [2.24, 2.45) is 5.92 Å². The summed E-state index contributed by atoms with van der Waals surface area (Å²) >= 11 is 0. The SMILES string of the molecule is O=C(C1CNC1)N1CCC(N2CCCCC2)CC1. The minimum atomic E-state index is 0.275. The second-order valence-electron chi connectivity index (χ2n) is 6.01. The average molecular weight is 251 g/mol. The number of nitrogens with zero attached hydrogens (tertiary/aromatic N) is 2. The molecule has 3 fully saturated rings. The molecule has 1 N–H and O–H groups in total. The van der Waals surface area contributed by atoms with Crippen LogP contribution in [-0.2, 0) is 4.79 Å². The van der Waals surface area contributed by atoms with Crippen molar-refractivity contribution in [2.45, 2.75) is 38.1 Å². The van der Waals surface area contributed by atoms with Gasteiger partial charge < -0.3 is 15.1 Å². The molecule has 0 radical (unpaired) electrons. The minimum absolute atomic E-state index is 0.275. The van der Waals surface area contributed by atoms with E-state index in [-0.39, 0.29) is 5.92 Å². The van der Waals surface area contributed by atoms with Crippen LogP contribution in [0.25, 0.3) is 0 Å². The number of nitrogens with one attached hydrogen (secondary N) is 1. The number of amides is 1. The monoisotopic (exact) mass is 251 g/mol. The lowest BCUT2D eigenvalue weighted by atomic mass is 9.96. The van der Waals surface area contributed by atoms with E-state index in [0.717, 1.165) is 32.2 Å². The van der Waals surface area contributed by atoms with Crippen LogP contribution in [0.3, 0.4) is 0 Å². The van der Waals surface area contributed by atoms with E-state index in [0.29, 0.717) is 5.91 Å². The summed E-state index contributed by atoms with van der Waals surface area (Å²) in [6.07, 6.45) is 6.51. The Hall–Kier alpha value is -0.610. The van der Waals surface area contributed by atoms with Gasteiger partial charge in [0, 0.05) is 32.2 Å². The number of likely N-dealkylation sites (tertiary alicyclic amines) is 2. The highest BCUT2D eigenvalue weighted by molar-refractivity contribution is 5.80. The molecular formula is C14H25N3O. The molecule has 102 valence electrons. The molecule has 0 aromatic heterocycles. The van der Waals surface area contributed by atoms with Gasteiger partial charge in [0.25, 0.3) is 0 Å². The molecule has 0 spiro atoms. The van der Waals surface area contributed by atoms with E-state index in [1.54, 1.807) is 0 Å². The minimum Gasteiger partial charge on any atom is -0.342 e. The van der Waals surface area contributed by atoms with E-state index in [2.05, 4.69) is 15.1 Å². The second kappa shape index (κ2) is 5.57. The van der Waals surface area contributed by atoms with Crippen LogP contribution in [0.2, 0.25) is 0 Å². The third kappa shape index (κ3) is 2.54. The van der Waals surface area contributed by atoms with Gasteiger partial charge in [-0.05, 0) is 38.8 Å². The van der Waals surface area contributed by atoms with Crippen LogP contribution in [0, 0.1) is 5.92 Å². The fourth-order valence-corrected chi connectivity index (χ4v) is 3.46. The molecule has 1 amide bonds. The Balaban J connectivity index is 1.46. The summed E-state index contributed by atoms with van der Waals surface area (Å²) in [5.74, 6) is 0.669. The zero-order valence-electron chi connectivity index (χ0n) is 11.2. The molecule has 3 aliphatic heterocycles. The standard InChI is InChI=1S/C14H25N3O/c18-14(12-10-15-11-12)17-8-4-13(5-9-17)16-6-2-1-3-7-16/h12-13,15H,1-11H2. The van der Waals surface area contributed by atoms with Crippen LogP contribution < -0.4 is 5.32 Å². The Labute approximate surface area is 110 Å². The first-order valence-corrected chi connectivity index (χ1v) is 7.58. The van der Waals surface area contributed by atoms with Crippen LogP contribution in [0.15, 0.2) is 0 Å². The number of rotatable bonds is 2. The quantitative estimate of drug-likeness (QED) is 0.784.